The molecule has 0 bridgehead atoms. The van der Waals surface area contributed by atoms with E-state index >= 15 is 0 Å². The van der Waals surface area contributed by atoms with Gasteiger partial charge in [-0.15, -0.1) is 0 Å². The number of carbonyl (C=O) groups is 3. The van der Waals surface area contributed by atoms with Gasteiger partial charge in [0.15, 0.2) is 11.5 Å². The molecule has 2 aromatic carbocycles. The average Bonchev–Trinajstić information content (AvgIpc) is 2.72. The van der Waals surface area contributed by atoms with Crippen molar-refractivity contribution < 1.29 is 28.2 Å². The Hall–Kier alpha value is -3.46. The number of carbonyl (C=O) groups excluding carboxylic acids is 3. The number of rotatable bonds is 7. The second-order valence-corrected chi connectivity index (χ2v) is 7.13. The van der Waals surface area contributed by atoms with Gasteiger partial charge in [0, 0.05) is 0 Å². The number of imide groups is 2. The molecule has 160 valence electrons. The molecule has 3 rings (SSSR count). The van der Waals surface area contributed by atoms with Crippen molar-refractivity contribution in [2.45, 2.75) is 6.92 Å². The topological polar surface area (TPSA) is 84.9 Å². The number of para-hydroxylation sites is 1. The molecule has 1 heterocycles. The fourth-order valence-corrected chi connectivity index (χ4v) is 3.47. The number of halogens is 2. The lowest BCUT2D eigenvalue weighted by Gasteiger charge is -2.26. The summed E-state index contributed by atoms with van der Waals surface area (Å²) in [6, 6.07) is 7.48. The van der Waals surface area contributed by atoms with Gasteiger partial charge in [-0.3, -0.25) is 14.9 Å². The molecule has 1 aliphatic rings. The van der Waals surface area contributed by atoms with Gasteiger partial charge in [0.05, 0.1) is 16.8 Å². The van der Waals surface area contributed by atoms with Crippen LogP contribution in [0.5, 0.6) is 11.5 Å². The zero-order chi connectivity index (χ0) is 22.5. The van der Waals surface area contributed by atoms with E-state index in [2.05, 4.69) is 27.8 Å². The highest BCUT2D eigenvalue weighted by Gasteiger charge is 2.38. The van der Waals surface area contributed by atoms with E-state index in [-0.39, 0.29) is 17.9 Å². The quantitative estimate of drug-likeness (QED) is 0.358. The van der Waals surface area contributed by atoms with Gasteiger partial charge in [0.25, 0.3) is 11.8 Å². The molecule has 1 saturated heterocycles. The fourth-order valence-electron chi connectivity index (χ4n) is 2.89. The second kappa shape index (κ2) is 9.57. The molecule has 9 heteroatoms. The van der Waals surface area contributed by atoms with Crippen LogP contribution in [0.2, 0.25) is 0 Å². The van der Waals surface area contributed by atoms with E-state index in [4.69, 9.17) is 9.47 Å². The minimum Gasteiger partial charge on any atom is -0.490 e. The number of urea groups is 1. The molecule has 0 unspecified atom stereocenters. The molecule has 0 radical (unpaired) electrons. The summed E-state index contributed by atoms with van der Waals surface area (Å²) in [6.07, 6.45) is 2.87. The molecule has 31 heavy (non-hydrogen) atoms. The van der Waals surface area contributed by atoms with Gasteiger partial charge < -0.3 is 9.47 Å². The Morgan fingerprint density at radius 2 is 1.94 bits per heavy atom. The van der Waals surface area contributed by atoms with Gasteiger partial charge >= 0.3 is 6.03 Å². The van der Waals surface area contributed by atoms with Gasteiger partial charge in [0.1, 0.15) is 18.0 Å². The Bertz CT molecular complexity index is 1100. The lowest BCUT2D eigenvalue weighted by atomic mass is 10.1. The highest BCUT2D eigenvalue weighted by atomic mass is 79.9. The number of hydrogen-bond acceptors (Lipinski definition) is 5. The predicted octanol–water partition coefficient (Wildman–Crippen LogP) is 4.22. The van der Waals surface area contributed by atoms with Gasteiger partial charge in [0.2, 0.25) is 0 Å². The molecule has 1 N–H and O–H groups in total. The van der Waals surface area contributed by atoms with Gasteiger partial charge in [-0.2, -0.15) is 0 Å². The van der Waals surface area contributed by atoms with Crippen molar-refractivity contribution in [3.63, 3.8) is 0 Å². The van der Waals surface area contributed by atoms with E-state index in [1.807, 2.05) is 0 Å². The first-order valence-corrected chi connectivity index (χ1v) is 10.0. The molecule has 1 fully saturated rings. The molecular weight excluding hydrogens is 471 g/mol. The zero-order valence-electron chi connectivity index (χ0n) is 16.5. The van der Waals surface area contributed by atoms with Gasteiger partial charge in [-0.25, -0.2) is 14.1 Å². The maximum absolute atomic E-state index is 14.2. The van der Waals surface area contributed by atoms with Crippen LogP contribution in [-0.2, 0) is 9.59 Å². The van der Waals surface area contributed by atoms with E-state index in [1.165, 1.54) is 24.3 Å². The van der Waals surface area contributed by atoms with Gasteiger partial charge in [-0.1, -0.05) is 24.8 Å². The van der Waals surface area contributed by atoms with Crippen LogP contribution < -0.4 is 19.7 Å². The second-order valence-electron chi connectivity index (χ2n) is 6.27. The third kappa shape index (κ3) is 4.66. The van der Waals surface area contributed by atoms with Crippen LogP contribution in [0.4, 0.5) is 14.9 Å². The van der Waals surface area contributed by atoms with E-state index in [9.17, 15) is 18.8 Å². The summed E-state index contributed by atoms with van der Waals surface area (Å²) in [4.78, 5) is 38.1. The number of nitrogens with one attached hydrogen (secondary N) is 1. The number of hydrogen-bond donors (Lipinski definition) is 1. The Balaban J connectivity index is 2.04. The van der Waals surface area contributed by atoms with Crippen molar-refractivity contribution >= 4 is 45.5 Å². The van der Waals surface area contributed by atoms with Crippen LogP contribution in [-0.4, -0.2) is 31.1 Å². The van der Waals surface area contributed by atoms with Crippen LogP contribution >= 0.6 is 15.9 Å². The minimum absolute atomic E-state index is 0.250. The molecule has 0 aliphatic carbocycles. The maximum atomic E-state index is 14.2. The number of amides is 4. The summed E-state index contributed by atoms with van der Waals surface area (Å²) >= 11 is 3.39. The first-order valence-electron chi connectivity index (χ1n) is 9.23. The van der Waals surface area contributed by atoms with E-state index < -0.39 is 23.7 Å². The molecule has 0 saturated carbocycles. The Morgan fingerprint density at radius 3 is 2.61 bits per heavy atom. The summed E-state index contributed by atoms with van der Waals surface area (Å²) in [5.74, 6) is -1.78. The number of benzene rings is 2. The maximum Gasteiger partial charge on any atom is 0.336 e. The van der Waals surface area contributed by atoms with Crippen molar-refractivity contribution in [3.8, 4) is 11.5 Å². The van der Waals surface area contributed by atoms with Crippen molar-refractivity contribution in [3.05, 3.63) is 70.5 Å². The lowest BCUT2D eigenvalue weighted by Crippen LogP contribution is -2.54. The number of nitrogens with zero attached hydrogens (tertiary/aromatic N) is 1. The monoisotopic (exact) mass is 488 g/mol. The van der Waals surface area contributed by atoms with Crippen molar-refractivity contribution in [1.29, 1.82) is 0 Å². The largest absolute Gasteiger partial charge is 0.490 e. The van der Waals surface area contributed by atoms with Crippen LogP contribution in [0.3, 0.4) is 0 Å². The minimum atomic E-state index is -1.03. The van der Waals surface area contributed by atoms with E-state index in [0.717, 1.165) is 6.07 Å². The Labute approximate surface area is 186 Å². The van der Waals surface area contributed by atoms with Crippen molar-refractivity contribution in [1.82, 2.24) is 5.32 Å². The van der Waals surface area contributed by atoms with Gasteiger partial charge in [-0.05, 0) is 58.8 Å². The summed E-state index contributed by atoms with van der Waals surface area (Å²) in [6.45, 7) is 6.01. The van der Waals surface area contributed by atoms with Crippen LogP contribution in [0.15, 0.2) is 59.1 Å². The Morgan fingerprint density at radius 1 is 1.19 bits per heavy atom. The average molecular weight is 489 g/mol. The summed E-state index contributed by atoms with van der Waals surface area (Å²) in [7, 11) is 0. The molecule has 4 amide bonds. The smallest absolute Gasteiger partial charge is 0.336 e. The zero-order valence-corrected chi connectivity index (χ0v) is 18.1. The SMILES string of the molecule is C=CCOc1c(Br)cc(/C=C2\C(=O)NC(=O)N(c3ccccc3F)C2=O)cc1OCC. The highest BCUT2D eigenvalue weighted by Crippen LogP contribution is 2.38. The first kappa shape index (κ1) is 22.2. The van der Waals surface area contributed by atoms with E-state index in [0.29, 0.717) is 33.0 Å². The van der Waals surface area contributed by atoms with E-state index in [1.54, 1.807) is 25.1 Å². The van der Waals surface area contributed by atoms with Crippen LogP contribution in [0.1, 0.15) is 12.5 Å². The third-order valence-corrected chi connectivity index (χ3v) is 4.77. The summed E-state index contributed by atoms with van der Waals surface area (Å²) < 4.78 is 25.9. The Kier molecular flexibility index (Phi) is 6.86. The molecule has 0 aromatic heterocycles. The standard InChI is InChI=1S/C22H18BrFN2O5/c1-3-9-31-19-15(23)11-13(12-18(19)30-4-2)10-14-20(27)25-22(29)26(21(14)28)17-8-6-5-7-16(17)24/h3,5-8,10-12H,1,4,9H2,2H3,(H,25,27,29)/b14-10+. The lowest BCUT2D eigenvalue weighted by molar-refractivity contribution is -0.122. The third-order valence-electron chi connectivity index (χ3n) is 4.18. The molecule has 2 aromatic rings. The number of ether oxygens (including phenoxy) is 2. The van der Waals surface area contributed by atoms with Crippen molar-refractivity contribution in [2.75, 3.05) is 18.1 Å². The molecule has 0 spiro atoms. The number of barbiturate groups is 1. The van der Waals surface area contributed by atoms with Crippen molar-refractivity contribution in [2.24, 2.45) is 0 Å². The molecule has 7 nitrogen and oxygen atoms in total. The normalized spacial score (nSPS) is 15.1. The first-order chi connectivity index (χ1) is 14.9. The molecule has 0 atom stereocenters. The van der Waals surface area contributed by atoms with Crippen LogP contribution in [0, 0.1) is 5.82 Å². The fraction of sp³-hybridized carbons (Fsp3) is 0.136. The summed E-state index contributed by atoms with van der Waals surface area (Å²) in [5.41, 5.74) is -0.160. The van der Waals surface area contributed by atoms with Crippen LogP contribution in [0.25, 0.3) is 6.08 Å². The molecule has 1 aliphatic heterocycles. The predicted molar refractivity (Wildman–Crippen MR) is 116 cm³/mol. The summed E-state index contributed by atoms with van der Waals surface area (Å²) in [5, 5.41) is 2.06. The molecular formula is C22H18BrFN2O5. The number of anilines is 1. The highest BCUT2D eigenvalue weighted by molar-refractivity contribution is 9.10.